The summed E-state index contributed by atoms with van der Waals surface area (Å²) in [6, 6.07) is 7.26. The minimum absolute atomic E-state index is 0.0948. The lowest BCUT2D eigenvalue weighted by molar-refractivity contribution is -0.162. The highest BCUT2D eigenvalue weighted by atomic mass is 16.6. The first kappa shape index (κ1) is 16.7. The van der Waals surface area contributed by atoms with Crippen LogP contribution in [0, 0.1) is 5.92 Å². The molecule has 0 saturated carbocycles. The van der Waals surface area contributed by atoms with E-state index >= 15 is 0 Å². The number of esters is 2. The predicted octanol–water partition coefficient (Wildman–Crippen LogP) is 0.638. The van der Waals surface area contributed by atoms with Crippen LogP contribution >= 0.6 is 0 Å². The minimum atomic E-state index is -1.32. The number of amidine groups is 1. The van der Waals surface area contributed by atoms with Crippen molar-refractivity contribution in [2.75, 3.05) is 18.1 Å². The molecule has 132 valence electrons. The number of carbonyl (C=O) groups excluding carboxylic acids is 2. The number of rotatable bonds is 5. The van der Waals surface area contributed by atoms with Gasteiger partial charge in [0.2, 0.25) is 5.96 Å². The van der Waals surface area contributed by atoms with Crippen molar-refractivity contribution in [3.63, 3.8) is 0 Å². The van der Waals surface area contributed by atoms with E-state index < -0.39 is 24.0 Å². The summed E-state index contributed by atoms with van der Waals surface area (Å²) in [6.07, 6.45) is -1.01. The van der Waals surface area contributed by atoms with Crippen molar-refractivity contribution in [2.24, 2.45) is 21.6 Å². The molecule has 0 aliphatic carbocycles. The molecule has 1 aromatic rings. The first-order valence-electron chi connectivity index (χ1n) is 7.88. The number of nitrogens with zero attached hydrogens (tertiary/aromatic N) is 3. The van der Waals surface area contributed by atoms with Gasteiger partial charge in [0.25, 0.3) is 0 Å². The minimum Gasteiger partial charge on any atom is -0.465 e. The SMILES string of the molecule is CCOC(=O)C(C(=O)OCC)[C@H]1N=C(N)N=C2Oc3ccccc3N21. The Hall–Kier alpha value is -3.10. The van der Waals surface area contributed by atoms with Crippen molar-refractivity contribution < 1.29 is 23.8 Å². The van der Waals surface area contributed by atoms with E-state index in [-0.39, 0.29) is 25.2 Å². The topological polar surface area (TPSA) is 116 Å². The summed E-state index contributed by atoms with van der Waals surface area (Å²) >= 11 is 0. The molecule has 3 rings (SSSR count). The Morgan fingerprint density at radius 1 is 1.24 bits per heavy atom. The van der Waals surface area contributed by atoms with Crippen LogP contribution in [0.15, 0.2) is 34.3 Å². The number of fused-ring (bicyclic) bond motifs is 3. The number of para-hydroxylation sites is 2. The molecule has 2 heterocycles. The van der Waals surface area contributed by atoms with Gasteiger partial charge in [0.05, 0.1) is 18.9 Å². The largest absolute Gasteiger partial charge is 0.465 e. The van der Waals surface area contributed by atoms with E-state index in [0.29, 0.717) is 11.4 Å². The molecule has 1 atom stereocenters. The van der Waals surface area contributed by atoms with Crippen LogP contribution in [0.1, 0.15) is 13.8 Å². The zero-order chi connectivity index (χ0) is 18.0. The maximum absolute atomic E-state index is 12.4. The average Bonchev–Trinajstić information content (AvgIpc) is 2.93. The van der Waals surface area contributed by atoms with Gasteiger partial charge in [0.15, 0.2) is 17.8 Å². The van der Waals surface area contributed by atoms with Crippen LogP contribution in [0.25, 0.3) is 0 Å². The van der Waals surface area contributed by atoms with E-state index in [9.17, 15) is 9.59 Å². The molecule has 25 heavy (non-hydrogen) atoms. The fourth-order valence-electron chi connectivity index (χ4n) is 2.67. The number of ether oxygens (including phenoxy) is 3. The molecule has 2 aliphatic heterocycles. The third-order valence-electron chi connectivity index (χ3n) is 3.65. The molecule has 0 unspecified atom stereocenters. The first-order valence-corrected chi connectivity index (χ1v) is 7.88. The molecule has 0 saturated heterocycles. The predicted molar refractivity (Wildman–Crippen MR) is 89.2 cm³/mol. The Bertz CT molecular complexity index is 743. The van der Waals surface area contributed by atoms with Gasteiger partial charge in [-0.2, -0.15) is 4.99 Å². The normalized spacial score (nSPS) is 17.9. The molecule has 9 nitrogen and oxygen atoms in total. The third kappa shape index (κ3) is 3.00. The molecule has 2 N–H and O–H groups in total. The van der Waals surface area contributed by atoms with E-state index in [1.54, 1.807) is 43.0 Å². The number of hydrogen-bond donors (Lipinski definition) is 1. The van der Waals surface area contributed by atoms with Crippen LogP contribution in [-0.2, 0) is 19.1 Å². The molecule has 0 aromatic heterocycles. The van der Waals surface area contributed by atoms with Gasteiger partial charge in [-0.05, 0) is 26.0 Å². The fourth-order valence-corrected chi connectivity index (χ4v) is 2.67. The van der Waals surface area contributed by atoms with Crippen LogP contribution in [0.5, 0.6) is 5.75 Å². The molecule has 0 fully saturated rings. The Morgan fingerprint density at radius 2 is 1.88 bits per heavy atom. The Morgan fingerprint density at radius 3 is 2.52 bits per heavy atom. The lowest BCUT2D eigenvalue weighted by Crippen LogP contribution is -2.52. The summed E-state index contributed by atoms with van der Waals surface area (Å²) in [7, 11) is 0. The van der Waals surface area contributed by atoms with Crippen molar-refractivity contribution in [1.29, 1.82) is 0 Å². The number of guanidine groups is 1. The zero-order valence-electron chi connectivity index (χ0n) is 13.8. The number of benzene rings is 1. The van der Waals surface area contributed by atoms with Crippen LogP contribution in [-0.4, -0.2) is 43.3 Å². The molecule has 0 spiro atoms. The van der Waals surface area contributed by atoms with Gasteiger partial charge in [0.1, 0.15) is 0 Å². The molecule has 2 aliphatic rings. The zero-order valence-corrected chi connectivity index (χ0v) is 13.8. The van der Waals surface area contributed by atoms with Crippen molar-refractivity contribution in [3.8, 4) is 5.75 Å². The van der Waals surface area contributed by atoms with Gasteiger partial charge in [-0.25, -0.2) is 4.99 Å². The number of anilines is 1. The van der Waals surface area contributed by atoms with E-state index in [1.165, 1.54) is 0 Å². The number of hydrogen-bond acceptors (Lipinski definition) is 9. The second kappa shape index (κ2) is 6.80. The van der Waals surface area contributed by atoms with Crippen LogP contribution in [0.2, 0.25) is 0 Å². The molecule has 0 radical (unpaired) electrons. The lowest BCUT2D eigenvalue weighted by Gasteiger charge is -2.31. The maximum Gasteiger partial charge on any atom is 0.324 e. The molecular weight excluding hydrogens is 328 g/mol. The lowest BCUT2D eigenvalue weighted by atomic mass is 10.0. The maximum atomic E-state index is 12.4. The van der Waals surface area contributed by atoms with E-state index in [2.05, 4.69) is 9.98 Å². The molecule has 9 heteroatoms. The van der Waals surface area contributed by atoms with Gasteiger partial charge in [0, 0.05) is 0 Å². The number of nitrogens with two attached hydrogens (primary N) is 1. The third-order valence-corrected chi connectivity index (χ3v) is 3.65. The average molecular weight is 346 g/mol. The van der Waals surface area contributed by atoms with Crippen molar-refractivity contribution in [1.82, 2.24) is 0 Å². The second-order valence-corrected chi connectivity index (χ2v) is 5.22. The van der Waals surface area contributed by atoms with Crippen molar-refractivity contribution in [3.05, 3.63) is 24.3 Å². The summed E-state index contributed by atoms with van der Waals surface area (Å²) in [5.41, 5.74) is 6.38. The Labute approximate surface area is 144 Å². The van der Waals surface area contributed by atoms with E-state index in [1.807, 2.05) is 0 Å². The smallest absolute Gasteiger partial charge is 0.324 e. The second-order valence-electron chi connectivity index (χ2n) is 5.22. The van der Waals surface area contributed by atoms with Crippen LogP contribution in [0.4, 0.5) is 5.69 Å². The summed E-state index contributed by atoms with van der Waals surface area (Å²) in [4.78, 5) is 34.6. The van der Waals surface area contributed by atoms with Crippen molar-refractivity contribution >= 4 is 29.6 Å². The monoisotopic (exact) mass is 346 g/mol. The van der Waals surface area contributed by atoms with Gasteiger partial charge in [-0.15, -0.1) is 0 Å². The van der Waals surface area contributed by atoms with Gasteiger partial charge in [-0.3, -0.25) is 14.5 Å². The quantitative estimate of drug-likeness (QED) is 0.614. The van der Waals surface area contributed by atoms with E-state index in [4.69, 9.17) is 19.9 Å². The number of aliphatic imine (C=N–C) groups is 2. The Balaban J connectivity index is 2.03. The highest BCUT2D eigenvalue weighted by Crippen LogP contribution is 2.39. The Kier molecular flexibility index (Phi) is 4.55. The summed E-state index contributed by atoms with van der Waals surface area (Å²) in [5.74, 6) is -2.37. The molecule has 1 aromatic carbocycles. The standard InChI is InChI=1S/C16H18N4O5/c1-3-23-13(21)11(14(22)24-4-2)12-18-15(17)19-16-20(12)9-7-5-6-8-10(9)25-16/h5-8,11-12H,3-4H2,1-2H3,(H2,17,18)/t12-/m0/s1. The number of carbonyl (C=O) groups is 2. The summed E-state index contributed by atoms with van der Waals surface area (Å²) < 4.78 is 15.7. The van der Waals surface area contributed by atoms with Crippen LogP contribution in [0.3, 0.4) is 0 Å². The fraction of sp³-hybridized carbons (Fsp3) is 0.375. The first-order chi connectivity index (χ1) is 12.1. The summed E-state index contributed by atoms with van der Waals surface area (Å²) in [6.45, 7) is 3.54. The highest BCUT2D eigenvalue weighted by molar-refractivity contribution is 6.09. The van der Waals surface area contributed by atoms with Crippen molar-refractivity contribution in [2.45, 2.75) is 20.0 Å². The van der Waals surface area contributed by atoms with Crippen LogP contribution < -0.4 is 15.4 Å². The molecule has 0 amide bonds. The molecular formula is C16H18N4O5. The summed E-state index contributed by atoms with van der Waals surface area (Å²) in [5, 5.41) is 0. The van der Waals surface area contributed by atoms with Gasteiger partial charge >= 0.3 is 18.0 Å². The molecule has 0 bridgehead atoms. The van der Waals surface area contributed by atoms with Gasteiger partial charge < -0.3 is 19.9 Å². The highest BCUT2D eigenvalue weighted by Gasteiger charge is 2.47. The van der Waals surface area contributed by atoms with Gasteiger partial charge in [-0.1, -0.05) is 12.1 Å². The van der Waals surface area contributed by atoms with E-state index in [0.717, 1.165) is 0 Å².